The molecule has 0 aliphatic carbocycles. The van der Waals surface area contributed by atoms with Gasteiger partial charge in [-0.15, -0.1) is 0 Å². The molecule has 0 saturated carbocycles. The Morgan fingerprint density at radius 2 is 1.41 bits per heavy atom. The van der Waals surface area contributed by atoms with Gasteiger partial charge in [0.2, 0.25) is 0 Å². The van der Waals surface area contributed by atoms with Gasteiger partial charge in [-0.3, -0.25) is 0 Å². The standard InChI is InChI=1S/C32H46BFO5/c1-3-5-7-9-10-12-21-35-26-15-13-25(14-16-26)33-37-24-32-31(39-33)20-19-30(38-32)28-18-17-27(23-29(28)34)36-22-11-8-6-4-2/h13-18,23,30-32H,3-12,19-22,24H2,1-2H3/t30-,31+,32-/m1/s1. The molecule has 214 valence electrons. The van der Waals surface area contributed by atoms with Crippen LogP contribution in [0.5, 0.6) is 11.5 Å². The van der Waals surface area contributed by atoms with Crippen molar-refractivity contribution in [1.82, 2.24) is 0 Å². The van der Waals surface area contributed by atoms with E-state index in [1.54, 1.807) is 6.07 Å². The molecule has 7 heteroatoms. The molecule has 2 aliphatic heterocycles. The number of unbranched alkanes of at least 4 members (excludes halogenated alkanes) is 8. The number of hydrogen-bond acceptors (Lipinski definition) is 5. The summed E-state index contributed by atoms with van der Waals surface area (Å²) in [4.78, 5) is 0. The van der Waals surface area contributed by atoms with E-state index < -0.39 is 7.12 Å². The molecule has 5 nitrogen and oxygen atoms in total. The zero-order valence-corrected chi connectivity index (χ0v) is 23.9. The first kappa shape index (κ1) is 29.9. The van der Waals surface area contributed by atoms with E-state index in [1.165, 1.54) is 51.0 Å². The summed E-state index contributed by atoms with van der Waals surface area (Å²) < 4.78 is 45.1. The summed E-state index contributed by atoms with van der Waals surface area (Å²) in [6.07, 6.45) is 12.9. The van der Waals surface area contributed by atoms with Gasteiger partial charge in [0.1, 0.15) is 23.4 Å². The SMILES string of the molecule is CCCCCCCCOc1ccc(B2OC[C@H]3O[C@@H](c4ccc(OCCCCCC)cc4F)CC[C@@H]3O2)cc1. The Kier molecular flexibility index (Phi) is 12.4. The first-order valence-corrected chi connectivity index (χ1v) is 15.3. The van der Waals surface area contributed by atoms with Crippen LogP contribution in [0.2, 0.25) is 0 Å². The molecule has 2 heterocycles. The van der Waals surface area contributed by atoms with Crippen molar-refractivity contribution in [3.05, 3.63) is 53.8 Å². The van der Waals surface area contributed by atoms with E-state index >= 15 is 0 Å². The minimum Gasteiger partial charge on any atom is -0.494 e. The van der Waals surface area contributed by atoms with Crippen LogP contribution in [-0.4, -0.2) is 39.1 Å². The van der Waals surface area contributed by atoms with Crippen molar-refractivity contribution in [1.29, 1.82) is 0 Å². The molecule has 2 aliphatic rings. The summed E-state index contributed by atoms with van der Waals surface area (Å²) in [6, 6.07) is 13.1. The van der Waals surface area contributed by atoms with Crippen LogP contribution in [0.1, 0.15) is 103 Å². The largest absolute Gasteiger partial charge is 0.494 e. The van der Waals surface area contributed by atoms with Crippen LogP contribution in [-0.2, 0) is 14.0 Å². The van der Waals surface area contributed by atoms with Gasteiger partial charge in [-0.1, -0.05) is 77.3 Å². The van der Waals surface area contributed by atoms with Crippen molar-refractivity contribution in [2.24, 2.45) is 0 Å². The van der Waals surface area contributed by atoms with Gasteiger partial charge in [-0.2, -0.15) is 0 Å². The highest BCUT2D eigenvalue weighted by atomic mass is 19.1. The van der Waals surface area contributed by atoms with Gasteiger partial charge in [0.15, 0.2) is 0 Å². The van der Waals surface area contributed by atoms with Crippen LogP contribution < -0.4 is 14.9 Å². The maximum absolute atomic E-state index is 14.9. The summed E-state index contributed by atoms with van der Waals surface area (Å²) in [7, 11) is -0.426. The van der Waals surface area contributed by atoms with Crippen LogP contribution >= 0.6 is 0 Å². The van der Waals surface area contributed by atoms with Crippen LogP contribution in [0, 0.1) is 5.82 Å². The minimum absolute atomic E-state index is 0.0718. The van der Waals surface area contributed by atoms with Gasteiger partial charge in [0.05, 0.1) is 32.0 Å². The van der Waals surface area contributed by atoms with Crippen molar-refractivity contribution >= 4 is 12.6 Å². The summed E-state index contributed by atoms with van der Waals surface area (Å²) in [6.45, 7) is 6.21. The summed E-state index contributed by atoms with van der Waals surface area (Å²) in [5.41, 5.74) is 1.55. The molecule has 2 aromatic rings. The lowest BCUT2D eigenvalue weighted by atomic mass is 9.76. The average molecular weight is 541 g/mol. The summed E-state index contributed by atoms with van der Waals surface area (Å²) in [5, 5.41) is 0. The second-order valence-electron chi connectivity index (χ2n) is 10.9. The molecule has 3 atom stereocenters. The molecule has 0 bridgehead atoms. The molecule has 2 saturated heterocycles. The summed E-state index contributed by atoms with van der Waals surface area (Å²) >= 11 is 0. The van der Waals surface area contributed by atoms with Crippen LogP contribution in [0.4, 0.5) is 4.39 Å². The van der Waals surface area contributed by atoms with Gasteiger partial charge in [0, 0.05) is 11.6 Å². The quantitative estimate of drug-likeness (QED) is 0.163. The fraction of sp³-hybridized carbons (Fsp3) is 0.625. The first-order valence-electron chi connectivity index (χ1n) is 15.3. The number of benzene rings is 2. The molecule has 0 amide bonds. The third-order valence-corrected chi connectivity index (χ3v) is 7.68. The van der Waals surface area contributed by atoms with Crippen LogP contribution in [0.15, 0.2) is 42.5 Å². The second-order valence-corrected chi connectivity index (χ2v) is 10.9. The maximum atomic E-state index is 14.9. The molecule has 39 heavy (non-hydrogen) atoms. The number of ether oxygens (including phenoxy) is 3. The second kappa shape index (κ2) is 16.2. The normalized spacial score (nSPS) is 21.0. The maximum Gasteiger partial charge on any atom is 0.494 e. The van der Waals surface area contributed by atoms with Gasteiger partial charge in [-0.05, 0) is 55.4 Å². The topological polar surface area (TPSA) is 46.2 Å². The average Bonchev–Trinajstić information content (AvgIpc) is 2.96. The Hall–Kier alpha value is -2.09. The number of halogens is 1. The van der Waals surface area contributed by atoms with Crippen molar-refractivity contribution in [3.8, 4) is 11.5 Å². The third kappa shape index (κ3) is 9.23. The lowest BCUT2D eigenvalue weighted by Crippen LogP contribution is -2.54. The zero-order chi connectivity index (χ0) is 27.3. The summed E-state index contributed by atoms with van der Waals surface area (Å²) in [5.74, 6) is 1.17. The number of hydrogen-bond donors (Lipinski definition) is 0. The van der Waals surface area contributed by atoms with E-state index in [2.05, 4.69) is 13.8 Å². The number of fused-ring (bicyclic) bond motifs is 1. The molecule has 0 aromatic heterocycles. The van der Waals surface area contributed by atoms with Crippen molar-refractivity contribution in [2.45, 2.75) is 109 Å². The molecule has 0 N–H and O–H groups in total. The van der Waals surface area contributed by atoms with E-state index in [4.69, 9.17) is 23.5 Å². The van der Waals surface area contributed by atoms with E-state index in [-0.39, 0.29) is 24.1 Å². The first-order chi connectivity index (χ1) is 19.2. The molecule has 2 fully saturated rings. The van der Waals surface area contributed by atoms with E-state index in [0.29, 0.717) is 30.9 Å². The van der Waals surface area contributed by atoms with Gasteiger partial charge in [-0.25, -0.2) is 4.39 Å². The molecule has 4 rings (SSSR count). The fourth-order valence-electron chi connectivity index (χ4n) is 5.33. The monoisotopic (exact) mass is 540 g/mol. The van der Waals surface area contributed by atoms with E-state index in [0.717, 1.165) is 43.5 Å². The highest BCUT2D eigenvalue weighted by Gasteiger charge is 2.41. The molecule has 0 unspecified atom stereocenters. The Morgan fingerprint density at radius 3 is 2.13 bits per heavy atom. The van der Waals surface area contributed by atoms with Gasteiger partial charge >= 0.3 is 7.12 Å². The number of rotatable bonds is 16. The highest BCUT2D eigenvalue weighted by Crippen LogP contribution is 2.36. The third-order valence-electron chi connectivity index (χ3n) is 7.68. The van der Waals surface area contributed by atoms with Crippen molar-refractivity contribution in [3.63, 3.8) is 0 Å². The lowest BCUT2D eigenvalue weighted by molar-refractivity contribution is -0.151. The van der Waals surface area contributed by atoms with Crippen LogP contribution in [0.3, 0.4) is 0 Å². The van der Waals surface area contributed by atoms with E-state index in [1.807, 2.05) is 30.3 Å². The molecular weight excluding hydrogens is 494 g/mol. The molecule has 2 aromatic carbocycles. The van der Waals surface area contributed by atoms with Crippen molar-refractivity contribution in [2.75, 3.05) is 19.8 Å². The van der Waals surface area contributed by atoms with Crippen LogP contribution in [0.25, 0.3) is 0 Å². The molecule has 0 radical (unpaired) electrons. The molecule has 0 spiro atoms. The zero-order valence-electron chi connectivity index (χ0n) is 23.9. The molecular formula is C32H46BFO5. The van der Waals surface area contributed by atoms with Crippen molar-refractivity contribution < 1.29 is 27.9 Å². The fourth-order valence-corrected chi connectivity index (χ4v) is 5.33. The predicted molar refractivity (Wildman–Crippen MR) is 154 cm³/mol. The van der Waals surface area contributed by atoms with Gasteiger partial charge in [0.25, 0.3) is 0 Å². The smallest absolute Gasteiger partial charge is 0.494 e. The Morgan fingerprint density at radius 1 is 0.769 bits per heavy atom. The van der Waals surface area contributed by atoms with E-state index in [9.17, 15) is 4.39 Å². The highest BCUT2D eigenvalue weighted by molar-refractivity contribution is 6.61. The predicted octanol–water partition coefficient (Wildman–Crippen LogP) is 7.56. The lowest BCUT2D eigenvalue weighted by Gasteiger charge is -2.41. The Balaban J connectivity index is 1.20. The minimum atomic E-state index is -0.426. The Labute approximate surface area is 234 Å². The Bertz CT molecular complexity index is 972. The van der Waals surface area contributed by atoms with Gasteiger partial charge < -0.3 is 23.5 Å².